The molecular formula is C14H19F2NO3. The summed E-state index contributed by atoms with van der Waals surface area (Å²) in [5.74, 6) is -0.335. The van der Waals surface area contributed by atoms with Gasteiger partial charge in [0, 0.05) is 13.1 Å². The van der Waals surface area contributed by atoms with Crippen LogP contribution < -0.4 is 4.74 Å². The number of ether oxygens (including phenoxy) is 2. The molecule has 0 N–H and O–H groups in total. The highest BCUT2D eigenvalue weighted by atomic mass is 19.3. The second-order valence-corrected chi connectivity index (χ2v) is 4.64. The number of carbonyl (C=O) groups excluding carboxylic acids is 1. The van der Waals surface area contributed by atoms with Crippen LogP contribution in [0, 0.1) is 5.92 Å². The quantitative estimate of drug-likeness (QED) is 0.722. The Morgan fingerprint density at radius 1 is 1.30 bits per heavy atom. The first-order valence-corrected chi connectivity index (χ1v) is 6.22. The highest BCUT2D eigenvalue weighted by Gasteiger charge is 2.15. The van der Waals surface area contributed by atoms with Gasteiger partial charge in [-0.3, -0.25) is 4.79 Å². The molecule has 4 nitrogen and oxygen atoms in total. The molecule has 0 heterocycles. The van der Waals surface area contributed by atoms with Crippen LogP contribution >= 0.6 is 0 Å². The summed E-state index contributed by atoms with van der Waals surface area (Å²) in [4.78, 5) is 13.3. The lowest BCUT2D eigenvalue weighted by molar-refractivity contribution is -0.145. The van der Waals surface area contributed by atoms with Gasteiger partial charge in [-0.1, -0.05) is 19.1 Å². The van der Waals surface area contributed by atoms with E-state index in [0.29, 0.717) is 13.1 Å². The van der Waals surface area contributed by atoms with Crippen molar-refractivity contribution in [3.05, 3.63) is 29.8 Å². The van der Waals surface area contributed by atoms with Gasteiger partial charge in [0.05, 0.1) is 13.0 Å². The fourth-order valence-corrected chi connectivity index (χ4v) is 1.90. The highest BCUT2D eigenvalue weighted by Crippen LogP contribution is 2.16. The molecule has 6 heteroatoms. The molecule has 0 spiro atoms. The number of esters is 1. The van der Waals surface area contributed by atoms with Gasteiger partial charge in [0.15, 0.2) is 0 Å². The van der Waals surface area contributed by atoms with Gasteiger partial charge in [0.2, 0.25) is 0 Å². The SMILES string of the molecule is COC(=O)C(C)CN(C)Cc1ccc(OC(F)F)cc1. The van der Waals surface area contributed by atoms with E-state index in [0.717, 1.165) is 5.56 Å². The van der Waals surface area contributed by atoms with Crippen LogP contribution in [0.25, 0.3) is 0 Å². The number of carbonyl (C=O) groups is 1. The monoisotopic (exact) mass is 287 g/mol. The van der Waals surface area contributed by atoms with Gasteiger partial charge in [-0.05, 0) is 24.7 Å². The molecule has 0 saturated carbocycles. The normalized spacial score (nSPS) is 12.6. The van der Waals surface area contributed by atoms with Gasteiger partial charge >= 0.3 is 12.6 Å². The van der Waals surface area contributed by atoms with Crippen molar-refractivity contribution < 1.29 is 23.0 Å². The third-order valence-corrected chi connectivity index (χ3v) is 2.79. The predicted molar refractivity (Wildman–Crippen MR) is 70.6 cm³/mol. The molecule has 0 aliphatic heterocycles. The van der Waals surface area contributed by atoms with E-state index >= 15 is 0 Å². The molecule has 0 aromatic heterocycles. The smallest absolute Gasteiger partial charge is 0.387 e. The summed E-state index contributed by atoms with van der Waals surface area (Å²) in [7, 11) is 3.24. The highest BCUT2D eigenvalue weighted by molar-refractivity contribution is 5.72. The molecule has 0 radical (unpaired) electrons. The Morgan fingerprint density at radius 2 is 1.90 bits per heavy atom. The minimum atomic E-state index is -2.82. The fourth-order valence-electron chi connectivity index (χ4n) is 1.90. The molecule has 0 saturated heterocycles. The van der Waals surface area contributed by atoms with Gasteiger partial charge in [0.25, 0.3) is 0 Å². The minimum absolute atomic E-state index is 0.134. The van der Waals surface area contributed by atoms with E-state index in [1.165, 1.54) is 19.2 Å². The largest absolute Gasteiger partial charge is 0.469 e. The second-order valence-electron chi connectivity index (χ2n) is 4.64. The van der Waals surface area contributed by atoms with Crippen LogP contribution in [-0.4, -0.2) is 38.2 Å². The number of nitrogens with zero attached hydrogens (tertiary/aromatic N) is 1. The Kier molecular flexibility index (Phi) is 6.38. The molecule has 1 aromatic rings. The van der Waals surface area contributed by atoms with Crippen molar-refractivity contribution in [2.24, 2.45) is 5.92 Å². The molecule has 0 amide bonds. The Hall–Kier alpha value is -1.69. The fraction of sp³-hybridized carbons (Fsp3) is 0.500. The molecule has 1 aromatic carbocycles. The summed E-state index contributed by atoms with van der Waals surface area (Å²) in [6, 6.07) is 6.44. The number of methoxy groups -OCH3 is 1. The Balaban J connectivity index is 2.49. The number of rotatable bonds is 7. The van der Waals surface area contributed by atoms with E-state index < -0.39 is 6.61 Å². The van der Waals surface area contributed by atoms with Gasteiger partial charge in [-0.15, -0.1) is 0 Å². The number of hydrogen-bond acceptors (Lipinski definition) is 4. The van der Waals surface area contributed by atoms with Gasteiger partial charge in [-0.25, -0.2) is 0 Å². The molecule has 0 fully saturated rings. The van der Waals surface area contributed by atoms with Crippen LogP contribution in [0.1, 0.15) is 12.5 Å². The van der Waals surface area contributed by atoms with Crippen molar-refractivity contribution in [3.63, 3.8) is 0 Å². The van der Waals surface area contributed by atoms with Crippen LogP contribution in [0.3, 0.4) is 0 Å². The van der Waals surface area contributed by atoms with Crippen LogP contribution in [-0.2, 0) is 16.1 Å². The lowest BCUT2D eigenvalue weighted by Crippen LogP contribution is -2.29. The minimum Gasteiger partial charge on any atom is -0.469 e. The van der Waals surface area contributed by atoms with Crippen LogP contribution in [0.5, 0.6) is 5.75 Å². The molecule has 112 valence electrons. The predicted octanol–water partition coefficient (Wildman–Crippen LogP) is 2.53. The zero-order chi connectivity index (χ0) is 15.1. The van der Waals surface area contributed by atoms with E-state index in [-0.39, 0.29) is 17.6 Å². The molecule has 0 aliphatic carbocycles. The average Bonchev–Trinajstić information content (AvgIpc) is 2.39. The third-order valence-electron chi connectivity index (χ3n) is 2.79. The topological polar surface area (TPSA) is 38.8 Å². The first kappa shape index (κ1) is 16.4. The first-order valence-electron chi connectivity index (χ1n) is 6.22. The molecule has 0 aliphatic rings. The zero-order valence-electron chi connectivity index (χ0n) is 11.8. The van der Waals surface area contributed by atoms with Crippen molar-refractivity contribution in [2.45, 2.75) is 20.1 Å². The molecule has 1 atom stereocenters. The third kappa shape index (κ3) is 5.52. The Bertz CT molecular complexity index is 423. The molecule has 1 rings (SSSR count). The van der Waals surface area contributed by atoms with Gasteiger partial charge < -0.3 is 14.4 Å². The van der Waals surface area contributed by atoms with Crippen molar-refractivity contribution in [3.8, 4) is 5.75 Å². The van der Waals surface area contributed by atoms with E-state index in [4.69, 9.17) is 0 Å². The van der Waals surface area contributed by atoms with Crippen LogP contribution in [0.2, 0.25) is 0 Å². The molecule has 0 bridgehead atoms. The summed E-state index contributed by atoms with van der Waals surface area (Å²) in [5.41, 5.74) is 0.950. The van der Waals surface area contributed by atoms with Crippen molar-refractivity contribution in [1.29, 1.82) is 0 Å². The number of hydrogen-bond donors (Lipinski definition) is 0. The van der Waals surface area contributed by atoms with Gasteiger partial charge in [0.1, 0.15) is 5.75 Å². The summed E-state index contributed by atoms with van der Waals surface area (Å²) in [6.45, 7) is 0.143. The standard InChI is InChI=1S/C14H19F2NO3/c1-10(13(18)19-3)8-17(2)9-11-4-6-12(7-5-11)20-14(15)16/h4-7,10,14H,8-9H2,1-3H3. The summed E-state index contributed by atoms with van der Waals surface area (Å²) in [5, 5.41) is 0. The summed E-state index contributed by atoms with van der Waals surface area (Å²) in [6.07, 6.45) is 0. The number of halogens is 2. The number of benzene rings is 1. The maximum absolute atomic E-state index is 12.0. The lowest BCUT2D eigenvalue weighted by atomic mass is 10.1. The van der Waals surface area contributed by atoms with E-state index in [9.17, 15) is 13.6 Å². The molecule has 1 unspecified atom stereocenters. The Morgan fingerprint density at radius 3 is 2.40 bits per heavy atom. The van der Waals surface area contributed by atoms with Gasteiger partial charge in [-0.2, -0.15) is 8.78 Å². The van der Waals surface area contributed by atoms with Crippen molar-refractivity contribution in [2.75, 3.05) is 20.7 Å². The van der Waals surface area contributed by atoms with E-state index in [1.807, 2.05) is 11.9 Å². The van der Waals surface area contributed by atoms with Crippen molar-refractivity contribution in [1.82, 2.24) is 4.90 Å². The maximum atomic E-state index is 12.0. The Labute approximate surface area is 117 Å². The zero-order valence-corrected chi connectivity index (χ0v) is 11.8. The summed E-state index contributed by atoms with van der Waals surface area (Å²) < 4.78 is 33.0. The van der Waals surface area contributed by atoms with Crippen LogP contribution in [0.4, 0.5) is 8.78 Å². The average molecular weight is 287 g/mol. The first-order chi connectivity index (χ1) is 9.42. The molecule has 20 heavy (non-hydrogen) atoms. The van der Waals surface area contributed by atoms with E-state index in [2.05, 4.69) is 9.47 Å². The summed E-state index contributed by atoms with van der Waals surface area (Å²) >= 11 is 0. The second kappa shape index (κ2) is 7.79. The maximum Gasteiger partial charge on any atom is 0.387 e. The van der Waals surface area contributed by atoms with Crippen LogP contribution in [0.15, 0.2) is 24.3 Å². The molecular weight excluding hydrogens is 268 g/mol. The van der Waals surface area contributed by atoms with E-state index in [1.54, 1.807) is 19.1 Å². The van der Waals surface area contributed by atoms with Crippen molar-refractivity contribution >= 4 is 5.97 Å². The lowest BCUT2D eigenvalue weighted by Gasteiger charge is -2.20. The number of alkyl halides is 2.